The summed E-state index contributed by atoms with van der Waals surface area (Å²) in [5.74, 6) is 1.34. The molecule has 0 saturated heterocycles. The van der Waals surface area contributed by atoms with Crippen LogP contribution in [0.15, 0.2) is 54.9 Å². The predicted octanol–water partition coefficient (Wildman–Crippen LogP) is 2.90. The van der Waals surface area contributed by atoms with Gasteiger partial charge in [0.15, 0.2) is 0 Å². The second-order valence-corrected chi connectivity index (χ2v) is 4.40. The Morgan fingerprint density at radius 3 is 2.57 bits per heavy atom. The molecule has 3 aromatic rings. The van der Waals surface area contributed by atoms with Crippen molar-refractivity contribution in [2.45, 2.75) is 0 Å². The molecule has 0 aliphatic carbocycles. The largest absolute Gasteiger partial charge is 0.438 e. The molecule has 5 heteroatoms. The van der Waals surface area contributed by atoms with E-state index in [1.807, 2.05) is 18.2 Å². The number of anilines is 2. The van der Waals surface area contributed by atoms with Crippen LogP contribution in [0.2, 0.25) is 0 Å². The van der Waals surface area contributed by atoms with E-state index in [0.717, 1.165) is 5.56 Å². The van der Waals surface area contributed by atoms with Gasteiger partial charge in [0, 0.05) is 11.8 Å². The summed E-state index contributed by atoms with van der Waals surface area (Å²) in [6.45, 7) is 0. The van der Waals surface area contributed by atoms with Crippen LogP contribution in [0.25, 0.3) is 11.1 Å². The van der Waals surface area contributed by atoms with Gasteiger partial charge in [0.1, 0.15) is 17.9 Å². The summed E-state index contributed by atoms with van der Waals surface area (Å²) < 4.78 is 5.80. The van der Waals surface area contributed by atoms with Crippen LogP contribution in [0.1, 0.15) is 0 Å². The van der Waals surface area contributed by atoms with Gasteiger partial charge in [-0.2, -0.15) is 0 Å². The molecule has 0 fully saturated rings. The lowest BCUT2D eigenvalue weighted by molar-refractivity contribution is 0.464. The van der Waals surface area contributed by atoms with Crippen LogP contribution in [0.5, 0.6) is 11.6 Å². The van der Waals surface area contributed by atoms with Crippen LogP contribution >= 0.6 is 0 Å². The first-order valence-corrected chi connectivity index (χ1v) is 6.34. The SMILES string of the molecule is Nc1cccc(Oc2ncnc(N)c2-c2cc[c]cc2)c1. The molecule has 0 aliphatic heterocycles. The fourth-order valence-corrected chi connectivity index (χ4v) is 1.97. The number of aromatic nitrogens is 2. The summed E-state index contributed by atoms with van der Waals surface area (Å²) in [5, 5.41) is 0. The number of rotatable bonds is 3. The molecule has 5 nitrogen and oxygen atoms in total. The minimum absolute atomic E-state index is 0.357. The molecule has 0 atom stereocenters. The topological polar surface area (TPSA) is 87.0 Å². The van der Waals surface area contributed by atoms with E-state index in [0.29, 0.717) is 28.7 Å². The van der Waals surface area contributed by atoms with Crippen molar-refractivity contribution in [1.82, 2.24) is 9.97 Å². The average Bonchev–Trinajstić information content (AvgIpc) is 2.48. The Kier molecular flexibility index (Phi) is 3.39. The van der Waals surface area contributed by atoms with Crippen LogP contribution in [0.3, 0.4) is 0 Å². The van der Waals surface area contributed by atoms with Gasteiger partial charge in [-0.1, -0.05) is 30.3 Å². The fourth-order valence-electron chi connectivity index (χ4n) is 1.97. The average molecular weight is 277 g/mol. The normalized spacial score (nSPS) is 10.3. The van der Waals surface area contributed by atoms with Crippen molar-refractivity contribution in [3.63, 3.8) is 0 Å². The number of hydrogen-bond donors (Lipinski definition) is 2. The number of benzene rings is 2. The number of nitrogens with zero attached hydrogens (tertiary/aromatic N) is 2. The predicted molar refractivity (Wildman–Crippen MR) is 81.6 cm³/mol. The van der Waals surface area contributed by atoms with Gasteiger partial charge in [0.2, 0.25) is 5.88 Å². The van der Waals surface area contributed by atoms with E-state index in [9.17, 15) is 0 Å². The van der Waals surface area contributed by atoms with Crippen molar-refractivity contribution in [1.29, 1.82) is 0 Å². The van der Waals surface area contributed by atoms with Gasteiger partial charge in [-0.25, -0.2) is 9.97 Å². The Bertz CT molecular complexity index is 759. The Balaban J connectivity index is 2.05. The maximum absolute atomic E-state index is 5.97. The molecule has 1 radical (unpaired) electrons. The van der Waals surface area contributed by atoms with Crippen LogP contribution < -0.4 is 16.2 Å². The van der Waals surface area contributed by atoms with Gasteiger partial charge in [0.25, 0.3) is 0 Å². The number of ether oxygens (including phenoxy) is 1. The van der Waals surface area contributed by atoms with Crippen molar-refractivity contribution < 1.29 is 4.74 Å². The summed E-state index contributed by atoms with van der Waals surface area (Å²) in [6, 6.07) is 17.4. The quantitative estimate of drug-likeness (QED) is 0.719. The highest BCUT2D eigenvalue weighted by molar-refractivity contribution is 5.78. The highest BCUT2D eigenvalue weighted by Crippen LogP contribution is 2.34. The molecule has 1 heterocycles. The molecule has 3 rings (SSSR count). The standard InChI is InChI=1S/C16H13N4O/c17-12-7-4-8-13(9-12)21-16-14(15(18)19-10-20-16)11-5-2-1-3-6-11/h2-10H,17H2,(H2,18,19,20). The van der Waals surface area contributed by atoms with Crippen molar-refractivity contribution >= 4 is 11.5 Å². The molecule has 21 heavy (non-hydrogen) atoms. The Morgan fingerprint density at radius 2 is 1.81 bits per heavy atom. The molecule has 0 unspecified atom stereocenters. The van der Waals surface area contributed by atoms with E-state index in [1.54, 1.807) is 30.3 Å². The van der Waals surface area contributed by atoms with Gasteiger partial charge in [0.05, 0.1) is 5.56 Å². The molecule has 0 saturated carbocycles. The van der Waals surface area contributed by atoms with E-state index in [2.05, 4.69) is 16.0 Å². The van der Waals surface area contributed by atoms with Crippen molar-refractivity contribution in [3.05, 3.63) is 60.9 Å². The van der Waals surface area contributed by atoms with Crippen molar-refractivity contribution in [2.24, 2.45) is 0 Å². The van der Waals surface area contributed by atoms with Crippen LogP contribution in [0, 0.1) is 6.07 Å². The molecular formula is C16H13N4O. The first-order valence-electron chi connectivity index (χ1n) is 6.34. The second kappa shape index (κ2) is 5.50. The number of nitrogen functional groups attached to an aromatic ring is 2. The van der Waals surface area contributed by atoms with Gasteiger partial charge < -0.3 is 16.2 Å². The van der Waals surface area contributed by atoms with E-state index in [1.165, 1.54) is 6.33 Å². The van der Waals surface area contributed by atoms with E-state index in [4.69, 9.17) is 16.2 Å². The minimum atomic E-state index is 0.357. The molecule has 0 aliphatic rings. The summed E-state index contributed by atoms with van der Waals surface area (Å²) in [7, 11) is 0. The zero-order valence-corrected chi connectivity index (χ0v) is 11.2. The Hall–Kier alpha value is -3.08. The summed E-state index contributed by atoms with van der Waals surface area (Å²) in [6.07, 6.45) is 1.37. The van der Waals surface area contributed by atoms with E-state index in [-0.39, 0.29) is 0 Å². The molecule has 103 valence electrons. The highest BCUT2D eigenvalue weighted by atomic mass is 16.5. The highest BCUT2D eigenvalue weighted by Gasteiger charge is 2.13. The third-order valence-corrected chi connectivity index (χ3v) is 2.92. The molecule has 2 aromatic carbocycles. The van der Waals surface area contributed by atoms with E-state index < -0.39 is 0 Å². The van der Waals surface area contributed by atoms with E-state index >= 15 is 0 Å². The lowest BCUT2D eigenvalue weighted by Crippen LogP contribution is -1.99. The van der Waals surface area contributed by atoms with Crippen LogP contribution in [-0.4, -0.2) is 9.97 Å². The monoisotopic (exact) mass is 277 g/mol. The summed E-state index contributed by atoms with van der Waals surface area (Å²) >= 11 is 0. The van der Waals surface area contributed by atoms with Gasteiger partial charge in [-0.05, 0) is 23.8 Å². The lowest BCUT2D eigenvalue weighted by atomic mass is 10.1. The van der Waals surface area contributed by atoms with Crippen LogP contribution in [-0.2, 0) is 0 Å². The second-order valence-electron chi connectivity index (χ2n) is 4.40. The maximum Gasteiger partial charge on any atom is 0.232 e. The zero-order valence-electron chi connectivity index (χ0n) is 11.2. The number of nitrogens with two attached hydrogens (primary N) is 2. The third kappa shape index (κ3) is 2.76. The molecule has 1 aromatic heterocycles. The summed E-state index contributed by atoms with van der Waals surface area (Å²) in [4.78, 5) is 8.20. The van der Waals surface area contributed by atoms with Gasteiger partial charge in [-0.15, -0.1) is 0 Å². The third-order valence-electron chi connectivity index (χ3n) is 2.92. The summed E-state index contributed by atoms with van der Waals surface area (Å²) in [5.41, 5.74) is 13.9. The lowest BCUT2D eigenvalue weighted by Gasteiger charge is -2.11. The fraction of sp³-hybridized carbons (Fsp3) is 0. The number of hydrogen-bond acceptors (Lipinski definition) is 5. The van der Waals surface area contributed by atoms with Gasteiger partial charge in [-0.3, -0.25) is 0 Å². The van der Waals surface area contributed by atoms with Crippen LogP contribution in [0.4, 0.5) is 11.5 Å². The Labute approximate surface area is 122 Å². The molecule has 0 spiro atoms. The molecular weight excluding hydrogens is 264 g/mol. The van der Waals surface area contributed by atoms with Crippen molar-refractivity contribution in [3.8, 4) is 22.8 Å². The smallest absolute Gasteiger partial charge is 0.232 e. The molecule has 0 bridgehead atoms. The first-order chi connectivity index (χ1) is 10.2. The van der Waals surface area contributed by atoms with Gasteiger partial charge >= 0.3 is 0 Å². The maximum atomic E-state index is 5.97. The molecule has 0 amide bonds. The first kappa shape index (κ1) is 12.9. The molecule has 4 N–H and O–H groups in total. The zero-order chi connectivity index (χ0) is 14.7. The Morgan fingerprint density at radius 1 is 1.00 bits per heavy atom. The van der Waals surface area contributed by atoms with Crippen molar-refractivity contribution in [2.75, 3.05) is 11.5 Å². The minimum Gasteiger partial charge on any atom is -0.438 e.